The first-order valence-electron chi connectivity index (χ1n) is 48.6. The van der Waals surface area contributed by atoms with Crippen LogP contribution in [0.25, 0.3) is 0 Å². The Bertz CT molecular complexity index is 2610. The van der Waals surface area contributed by atoms with E-state index in [1.807, 2.05) is 0 Å². The van der Waals surface area contributed by atoms with Gasteiger partial charge in [-0.15, -0.1) is 0 Å². The van der Waals surface area contributed by atoms with Gasteiger partial charge in [-0.2, -0.15) is 0 Å². The monoisotopic (exact) mass is 1360 g/mol. The van der Waals surface area contributed by atoms with E-state index in [-0.39, 0.29) is 0 Å². The van der Waals surface area contributed by atoms with Crippen molar-refractivity contribution in [2.75, 3.05) is 0 Å². The Morgan fingerprint density at radius 3 is 1.09 bits per heavy atom. The van der Waals surface area contributed by atoms with Crippen LogP contribution < -0.4 is 0 Å². The number of nitrogens with zero attached hydrogens (tertiary/aromatic N) is 3. The number of likely N-dealkylation sites (tertiary alicyclic amines) is 1. The van der Waals surface area contributed by atoms with Crippen LogP contribution in [0.2, 0.25) is 17.5 Å². The third-order valence-electron chi connectivity index (χ3n) is 40.6. The Morgan fingerprint density at radius 1 is 0.220 bits per heavy atom. The summed E-state index contributed by atoms with van der Waals surface area (Å²) in [5, 5.41) is 0. The van der Waals surface area contributed by atoms with Gasteiger partial charge in [0.2, 0.25) is 0 Å². The molecule has 17 aliphatic carbocycles. The van der Waals surface area contributed by atoms with Gasteiger partial charge in [0.1, 0.15) is 0 Å². The Balaban J connectivity index is 0.748. The van der Waals surface area contributed by atoms with Crippen molar-refractivity contribution in [1.29, 1.82) is 0 Å². The average molecular weight is 1370 g/mol. The first-order valence-corrected chi connectivity index (χ1v) is 48.6. The smallest absolute Gasteiger partial charge is 0.156 e. The Hall–Kier alpha value is -0.0551. The third-order valence-corrected chi connectivity index (χ3v) is 40.6. The van der Waals surface area contributed by atoms with Crippen molar-refractivity contribution in [2.45, 2.75) is 459 Å². The molecule has 0 aromatic rings. The highest BCUT2D eigenvalue weighted by atomic mass is 15.3. The molecule has 0 aromatic heterocycles. The number of hydrogen-bond acceptors (Lipinski definition) is 3. The Morgan fingerprint density at radius 2 is 0.590 bits per heavy atom. The first-order chi connectivity index (χ1) is 49.3. The summed E-state index contributed by atoms with van der Waals surface area (Å²) in [7, 11) is 0. The summed E-state index contributed by atoms with van der Waals surface area (Å²) in [5.41, 5.74) is 0.457. The van der Waals surface area contributed by atoms with Gasteiger partial charge in [-0.1, -0.05) is 245 Å². The maximum atomic E-state index is 4.02. The highest BCUT2D eigenvalue weighted by Gasteiger charge is 2.70. The second-order valence-corrected chi connectivity index (χ2v) is 44.8. The van der Waals surface area contributed by atoms with Crippen molar-refractivity contribution >= 4 is 6.71 Å². The lowest BCUT2D eigenvalue weighted by atomic mass is 9.18. The van der Waals surface area contributed by atoms with Crippen LogP contribution in [0, 0.1) is 142 Å². The van der Waals surface area contributed by atoms with Gasteiger partial charge in [-0.25, -0.2) is 0 Å². The van der Waals surface area contributed by atoms with Gasteiger partial charge in [0.25, 0.3) is 0 Å². The molecule has 0 amide bonds. The Kier molecular flexibility index (Phi) is 20.3. The molecule has 0 N–H and O–H groups in total. The van der Waals surface area contributed by atoms with E-state index in [0.717, 1.165) is 215 Å². The van der Waals surface area contributed by atoms with Crippen LogP contribution in [0.1, 0.15) is 387 Å². The van der Waals surface area contributed by atoms with Crippen LogP contribution in [0.15, 0.2) is 0 Å². The summed E-state index contributed by atoms with van der Waals surface area (Å²) in [4.78, 5) is 11.6. The van der Waals surface area contributed by atoms with E-state index >= 15 is 0 Å². The zero-order chi connectivity index (χ0) is 66.3. The fraction of sp³-hybridized carbons (Fsp3) is 1.00. The van der Waals surface area contributed by atoms with Gasteiger partial charge in [0.05, 0.1) is 0 Å². The van der Waals surface area contributed by atoms with Gasteiger partial charge in [-0.3, -0.25) is 14.7 Å². The van der Waals surface area contributed by atoms with E-state index in [0.29, 0.717) is 5.41 Å². The van der Waals surface area contributed by atoms with Crippen molar-refractivity contribution in [3.05, 3.63) is 0 Å². The number of fused-ring (bicyclic) bond motifs is 9. The highest BCUT2D eigenvalue weighted by molar-refractivity contribution is 6.65. The van der Waals surface area contributed by atoms with Crippen molar-refractivity contribution < 1.29 is 0 Å². The SMILES string of the molecule is CC(C)(C)C1CCC(C2CC3C4B(C5CCC(C6CC7CCCC8C9CCCC%10CCCC(C(C6)C78)C%109)CC5N3C3C(C5CCCCC5)CCCC3C3CCCCC3)C3CCC(N5C6CCCCC6C6CCCCC65)CC3N(C3C(C5CCCCC5)CCCC3C3CCCCC3)C4C2)CC1. The van der Waals surface area contributed by atoms with Crippen molar-refractivity contribution in [3.63, 3.8) is 0 Å². The molecule has 4 heteroatoms. The molecular formula is C96H158BN3. The summed E-state index contributed by atoms with van der Waals surface area (Å²) in [5.74, 6) is 26.8. The van der Waals surface area contributed by atoms with Gasteiger partial charge >= 0.3 is 0 Å². The van der Waals surface area contributed by atoms with Crippen molar-refractivity contribution in [1.82, 2.24) is 14.7 Å². The lowest BCUT2D eigenvalue weighted by molar-refractivity contribution is -0.155. The molecule has 27 unspecified atom stereocenters. The first kappa shape index (κ1) is 69.2. The summed E-state index contributed by atoms with van der Waals surface area (Å²) >= 11 is 0. The maximum Gasteiger partial charge on any atom is 0.156 e. The van der Waals surface area contributed by atoms with Gasteiger partial charge < -0.3 is 0 Å². The molecule has 3 heterocycles. The molecule has 17 saturated carbocycles. The molecule has 27 atom stereocenters. The topological polar surface area (TPSA) is 9.72 Å². The molecule has 0 radical (unpaired) electrons. The van der Waals surface area contributed by atoms with Crippen LogP contribution in [0.3, 0.4) is 0 Å². The van der Waals surface area contributed by atoms with Crippen LogP contribution >= 0.6 is 0 Å². The lowest BCUT2D eigenvalue weighted by Crippen LogP contribution is -2.77. The van der Waals surface area contributed by atoms with Gasteiger partial charge in [-0.05, 0) is 300 Å². The van der Waals surface area contributed by atoms with Crippen molar-refractivity contribution in [3.8, 4) is 0 Å². The molecule has 0 spiro atoms. The second-order valence-electron chi connectivity index (χ2n) is 44.8. The average Bonchev–Trinajstić information content (AvgIpc) is 0.790. The predicted octanol–water partition coefficient (Wildman–Crippen LogP) is 25.5. The molecule has 0 aromatic carbocycles. The lowest BCUT2D eigenvalue weighted by Gasteiger charge is -2.72. The zero-order valence-corrected chi connectivity index (χ0v) is 65.9. The molecule has 3 nitrogen and oxygen atoms in total. The second kappa shape index (κ2) is 29.3. The minimum absolute atomic E-state index is 0.457. The molecule has 20 rings (SSSR count). The fourth-order valence-electron chi connectivity index (χ4n) is 37.5. The third kappa shape index (κ3) is 12.3. The summed E-state index contributed by atoms with van der Waals surface area (Å²) in [6, 6.07) is 7.97. The van der Waals surface area contributed by atoms with E-state index in [1.165, 1.54) is 12.8 Å². The zero-order valence-electron chi connectivity index (χ0n) is 65.9. The van der Waals surface area contributed by atoms with Crippen molar-refractivity contribution in [2.24, 2.45) is 142 Å². The summed E-state index contributed by atoms with van der Waals surface area (Å²) in [6.45, 7) is 8.98. The van der Waals surface area contributed by atoms with Crippen LogP contribution in [-0.4, -0.2) is 75.8 Å². The van der Waals surface area contributed by atoms with Gasteiger partial charge in [0, 0.05) is 54.4 Å². The molecule has 100 heavy (non-hydrogen) atoms. The summed E-state index contributed by atoms with van der Waals surface area (Å²) < 4.78 is 0. The molecule has 20 aliphatic rings. The fourth-order valence-corrected chi connectivity index (χ4v) is 37.5. The number of rotatable bonds is 9. The van der Waals surface area contributed by atoms with E-state index in [2.05, 4.69) is 35.5 Å². The molecule has 20 fully saturated rings. The molecule has 3 aliphatic heterocycles. The normalized spacial score (nSPS) is 51.9. The number of hydrogen-bond donors (Lipinski definition) is 0. The van der Waals surface area contributed by atoms with Crippen LogP contribution in [0.5, 0.6) is 0 Å². The van der Waals surface area contributed by atoms with E-state index in [1.54, 1.807) is 353 Å². The standard InChI is InChI=1S/C96H158BN3/c1-96(2,3)71-50-47-61(48-51-71)70-58-89-93-90(59-70)100(95-75(64-29-12-6-13-30-64)40-24-41-76(95)65-31-14-7-15-32-65)88-60-72(98-85-45-18-16-36-77(85)78-37-17-19-46-86(78)98)52-54-84(88)97(93)83-53-49-67(69-55-68-35-22-43-80-79-42-20-33-66-34-21-44-81(91(66)79)82(56-69)92(68)80)57-87(83)99(89)94-73(62-25-8-4-9-26-62)38-23-39-74(94)63-27-10-5-11-28-63/h61-95H,4-60H2,1-3H3. The largest absolute Gasteiger partial charge is 0.295 e. The highest BCUT2D eigenvalue weighted by Crippen LogP contribution is 2.71. The van der Waals surface area contributed by atoms with E-state index in [4.69, 9.17) is 0 Å². The van der Waals surface area contributed by atoms with Crippen LogP contribution in [-0.2, 0) is 0 Å². The van der Waals surface area contributed by atoms with E-state index < -0.39 is 0 Å². The summed E-state index contributed by atoms with van der Waals surface area (Å²) in [6.07, 6.45) is 90.9. The quantitative estimate of drug-likeness (QED) is 0.213. The molecular weight excluding hydrogens is 1210 g/mol. The van der Waals surface area contributed by atoms with Gasteiger partial charge in [0.15, 0.2) is 6.71 Å². The molecule has 560 valence electrons. The predicted molar refractivity (Wildman–Crippen MR) is 420 cm³/mol. The minimum Gasteiger partial charge on any atom is -0.295 e. The maximum absolute atomic E-state index is 4.02. The van der Waals surface area contributed by atoms with E-state index in [9.17, 15) is 0 Å². The Labute approximate surface area is 617 Å². The van der Waals surface area contributed by atoms with Crippen LogP contribution in [0.4, 0.5) is 0 Å². The molecule has 0 bridgehead atoms. The molecule has 3 saturated heterocycles. The minimum atomic E-state index is 0.457.